The predicted molar refractivity (Wildman–Crippen MR) is 59.7 cm³/mol. The Kier molecular flexibility index (Phi) is 2.84. The number of aryl methyl sites for hydroxylation is 1. The Balaban J connectivity index is 2.24. The van der Waals surface area contributed by atoms with Crippen LogP contribution in [-0.2, 0) is 7.05 Å². The van der Waals surface area contributed by atoms with Gasteiger partial charge in [0.25, 0.3) is 0 Å². The number of benzene rings is 1. The van der Waals surface area contributed by atoms with Gasteiger partial charge in [-0.1, -0.05) is 23.2 Å². The minimum atomic E-state index is 0.466. The highest BCUT2D eigenvalue weighted by Crippen LogP contribution is 2.30. The van der Waals surface area contributed by atoms with Crippen molar-refractivity contribution in [3.63, 3.8) is 0 Å². The summed E-state index contributed by atoms with van der Waals surface area (Å²) in [6.45, 7) is 0. The molecule has 0 aliphatic heterocycles. The van der Waals surface area contributed by atoms with Crippen molar-refractivity contribution in [3.05, 3.63) is 40.5 Å². The van der Waals surface area contributed by atoms with E-state index < -0.39 is 0 Å². The van der Waals surface area contributed by atoms with E-state index in [9.17, 15) is 0 Å². The van der Waals surface area contributed by atoms with Gasteiger partial charge < -0.3 is 4.74 Å². The first-order valence-corrected chi connectivity index (χ1v) is 5.03. The molecule has 0 aliphatic carbocycles. The zero-order chi connectivity index (χ0) is 10.8. The predicted octanol–water partition coefficient (Wildman–Crippen LogP) is 3.52. The molecule has 0 saturated carbocycles. The lowest BCUT2D eigenvalue weighted by Gasteiger charge is -2.04. The molecule has 0 bridgehead atoms. The number of aromatic nitrogens is 2. The molecular formula is C10H8Cl2N2O. The number of hydrogen-bond donors (Lipinski definition) is 0. The summed E-state index contributed by atoms with van der Waals surface area (Å²) in [5.74, 6) is 1.04. The highest BCUT2D eigenvalue weighted by molar-refractivity contribution is 6.35. The SMILES string of the molecule is Cn1ccc(Oc2ccc(Cl)cc2Cl)n1. The van der Waals surface area contributed by atoms with E-state index in [0.717, 1.165) is 0 Å². The quantitative estimate of drug-likeness (QED) is 0.806. The Hall–Kier alpha value is -1.19. The lowest BCUT2D eigenvalue weighted by molar-refractivity contribution is 0.454. The first-order chi connectivity index (χ1) is 7.15. The van der Waals surface area contributed by atoms with Crippen molar-refractivity contribution in [3.8, 4) is 11.6 Å². The molecule has 0 N–H and O–H groups in total. The van der Waals surface area contributed by atoms with E-state index in [0.29, 0.717) is 21.7 Å². The second-order valence-electron chi connectivity index (χ2n) is 3.00. The zero-order valence-electron chi connectivity index (χ0n) is 7.95. The number of nitrogens with zero attached hydrogens (tertiary/aromatic N) is 2. The smallest absolute Gasteiger partial charge is 0.238 e. The number of ether oxygens (including phenoxy) is 1. The molecule has 1 heterocycles. The molecule has 3 nitrogen and oxygen atoms in total. The molecule has 0 saturated heterocycles. The summed E-state index contributed by atoms with van der Waals surface area (Å²) in [7, 11) is 1.82. The minimum absolute atomic E-state index is 0.466. The van der Waals surface area contributed by atoms with E-state index in [2.05, 4.69) is 5.10 Å². The molecule has 5 heteroatoms. The fraction of sp³-hybridized carbons (Fsp3) is 0.100. The van der Waals surface area contributed by atoms with Crippen molar-refractivity contribution in [2.24, 2.45) is 7.05 Å². The van der Waals surface area contributed by atoms with Gasteiger partial charge in [-0.2, -0.15) is 0 Å². The van der Waals surface area contributed by atoms with Crippen LogP contribution in [0.25, 0.3) is 0 Å². The van der Waals surface area contributed by atoms with Crippen LogP contribution in [0.4, 0.5) is 0 Å². The molecule has 0 radical (unpaired) electrons. The van der Waals surface area contributed by atoms with Crippen LogP contribution in [0.5, 0.6) is 11.6 Å². The van der Waals surface area contributed by atoms with Gasteiger partial charge in [0.2, 0.25) is 5.88 Å². The summed E-state index contributed by atoms with van der Waals surface area (Å²) in [6, 6.07) is 6.80. The molecule has 2 rings (SSSR count). The highest BCUT2D eigenvalue weighted by atomic mass is 35.5. The monoisotopic (exact) mass is 242 g/mol. The van der Waals surface area contributed by atoms with Crippen LogP contribution in [0, 0.1) is 0 Å². The van der Waals surface area contributed by atoms with E-state index in [1.165, 1.54) is 0 Å². The number of rotatable bonds is 2. The van der Waals surface area contributed by atoms with Crippen LogP contribution in [-0.4, -0.2) is 9.78 Å². The Bertz CT molecular complexity index is 482. The van der Waals surface area contributed by atoms with E-state index in [-0.39, 0.29) is 0 Å². The first kappa shape index (κ1) is 10.3. The van der Waals surface area contributed by atoms with Gasteiger partial charge in [-0.25, -0.2) is 0 Å². The molecule has 0 aliphatic rings. The highest BCUT2D eigenvalue weighted by Gasteiger charge is 2.05. The zero-order valence-corrected chi connectivity index (χ0v) is 9.46. The first-order valence-electron chi connectivity index (χ1n) is 4.28. The largest absolute Gasteiger partial charge is 0.436 e. The van der Waals surface area contributed by atoms with Gasteiger partial charge in [0.05, 0.1) is 5.02 Å². The van der Waals surface area contributed by atoms with Crippen molar-refractivity contribution in [2.45, 2.75) is 0 Å². The third kappa shape index (κ3) is 2.43. The minimum Gasteiger partial charge on any atom is -0.436 e. The van der Waals surface area contributed by atoms with Crippen LogP contribution in [0.1, 0.15) is 0 Å². The van der Waals surface area contributed by atoms with Crippen molar-refractivity contribution < 1.29 is 4.74 Å². The van der Waals surface area contributed by atoms with Crippen molar-refractivity contribution in [1.29, 1.82) is 0 Å². The molecule has 0 spiro atoms. The maximum absolute atomic E-state index is 5.94. The molecule has 78 valence electrons. The van der Waals surface area contributed by atoms with Gasteiger partial charge >= 0.3 is 0 Å². The molecule has 0 fully saturated rings. The van der Waals surface area contributed by atoms with E-state index in [4.69, 9.17) is 27.9 Å². The van der Waals surface area contributed by atoms with Crippen molar-refractivity contribution in [2.75, 3.05) is 0 Å². The van der Waals surface area contributed by atoms with Gasteiger partial charge in [0.15, 0.2) is 0 Å². The van der Waals surface area contributed by atoms with Crippen molar-refractivity contribution in [1.82, 2.24) is 9.78 Å². The average molecular weight is 243 g/mol. The van der Waals surface area contributed by atoms with Gasteiger partial charge in [-0.05, 0) is 18.2 Å². The van der Waals surface area contributed by atoms with Crippen LogP contribution < -0.4 is 4.74 Å². The lowest BCUT2D eigenvalue weighted by atomic mass is 10.3. The second-order valence-corrected chi connectivity index (χ2v) is 3.85. The van der Waals surface area contributed by atoms with Gasteiger partial charge in [-0.3, -0.25) is 4.68 Å². The molecule has 0 unspecified atom stereocenters. The molecule has 0 atom stereocenters. The van der Waals surface area contributed by atoms with Crippen LogP contribution in [0.3, 0.4) is 0 Å². The molecule has 15 heavy (non-hydrogen) atoms. The molecule has 1 aromatic carbocycles. The summed E-state index contributed by atoms with van der Waals surface area (Å²) in [5, 5.41) is 5.12. The topological polar surface area (TPSA) is 27.1 Å². The fourth-order valence-electron chi connectivity index (χ4n) is 1.12. The van der Waals surface area contributed by atoms with Crippen LogP contribution in [0.2, 0.25) is 10.0 Å². The maximum atomic E-state index is 5.94. The Labute approximate surface area is 97.2 Å². The summed E-state index contributed by atoms with van der Waals surface area (Å²) in [5.41, 5.74) is 0. The molecule has 0 amide bonds. The molecule has 2 aromatic rings. The molecular weight excluding hydrogens is 235 g/mol. The third-order valence-corrected chi connectivity index (χ3v) is 2.33. The summed E-state index contributed by atoms with van der Waals surface area (Å²) in [4.78, 5) is 0. The van der Waals surface area contributed by atoms with Gasteiger partial charge in [0, 0.05) is 24.3 Å². The van der Waals surface area contributed by atoms with Crippen LogP contribution >= 0.6 is 23.2 Å². The normalized spacial score (nSPS) is 10.3. The van der Waals surface area contributed by atoms with Gasteiger partial charge in [-0.15, -0.1) is 5.10 Å². The number of hydrogen-bond acceptors (Lipinski definition) is 2. The Morgan fingerprint density at radius 3 is 2.67 bits per heavy atom. The molecule has 1 aromatic heterocycles. The summed E-state index contributed by atoms with van der Waals surface area (Å²) in [6.07, 6.45) is 1.79. The standard InChI is InChI=1S/C10H8Cl2N2O/c1-14-5-4-10(13-14)15-9-3-2-7(11)6-8(9)12/h2-6H,1H3. The summed E-state index contributed by atoms with van der Waals surface area (Å²) >= 11 is 11.7. The van der Waals surface area contributed by atoms with E-state index in [1.807, 2.05) is 7.05 Å². The lowest BCUT2D eigenvalue weighted by Crippen LogP contribution is -1.90. The maximum Gasteiger partial charge on any atom is 0.238 e. The van der Waals surface area contributed by atoms with Crippen molar-refractivity contribution >= 4 is 23.2 Å². The van der Waals surface area contributed by atoms with Crippen LogP contribution in [0.15, 0.2) is 30.5 Å². The van der Waals surface area contributed by atoms with E-state index in [1.54, 1.807) is 35.1 Å². The second kappa shape index (κ2) is 4.13. The number of halogens is 2. The Morgan fingerprint density at radius 2 is 2.07 bits per heavy atom. The fourth-order valence-corrected chi connectivity index (χ4v) is 1.57. The summed E-state index contributed by atoms with van der Waals surface area (Å²) < 4.78 is 7.11. The Morgan fingerprint density at radius 1 is 1.27 bits per heavy atom. The van der Waals surface area contributed by atoms with Gasteiger partial charge in [0.1, 0.15) is 5.75 Å². The third-order valence-electron chi connectivity index (χ3n) is 1.80. The average Bonchev–Trinajstić information content (AvgIpc) is 2.56. The van der Waals surface area contributed by atoms with E-state index >= 15 is 0 Å².